The molecular weight excluding hydrogens is 382 g/mol. The third-order valence-corrected chi connectivity index (χ3v) is 6.26. The fraction of sp³-hybridized carbons (Fsp3) is 0.619. The van der Waals surface area contributed by atoms with E-state index in [1.165, 1.54) is 0 Å². The van der Waals surface area contributed by atoms with Gasteiger partial charge in [-0.1, -0.05) is 0 Å². The molecule has 0 bridgehead atoms. The number of hydrogen-bond donors (Lipinski definition) is 1. The molecule has 2 fully saturated rings. The van der Waals surface area contributed by atoms with E-state index in [9.17, 15) is 0 Å². The van der Waals surface area contributed by atoms with Crippen LogP contribution in [-0.4, -0.2) is 69.8 Å². The molecule has 5 rings (SSSR count). The number of fused-ring (bicyclic) bond motifs is 2. The number of nitrogens with zero attached hydrogens (tertiary/aromatic N) is 6. The van der Waals surface area contributed by atoms with Crippen molar-refractivity contribution in [2.24, 2.45) is 0 Å². The van der Waals surface area contributed by atoms with Gasteiger partial charge in [-0.3, -0.25) is 4.90 Å². The van der Waals surface area contributed by atoms with Gasteiger partial charge in [-0.05, 0) is 26.8 Å². The Bertz CT molecular complexity index is 899. The van der Waals surface area contributed by atoms with Gasteiger partial charge in [-0.25, -0.2) is 19.9 Å². The number of rotatable bonds is 3. The zero-order valence-electron chi connectivity index (χ0n) is 17.6. The molecule has 2 N–H and O–H groups in total. The Morgan fingerprint density at radius 3 is 2.67 bits per heavy atom. The summed E-state index contributed by atoms with van der Waals surface area (Å²) in [7, 11) is 0. The van der Waals surface area contributed by atoms with Crippen LogP contribution in [0.4, 0.5) is 11.9 Å². The first-order chi connectivity index (χ1) is 14.5. The van der Waals surface area contributed by atoms with Crippen LogP contribution in [0, 0.1) is 0 Å². The molecule has 3 aliphatic rings. The maximum absolute atomic E-state index is 5.99. The smallest absolute Gasteiger partial charge is 0.225 e. The van der Waals surface area contributed by atoms with Gasteiger partial charge in [-0.15, -0.1) is 0 Å². The molecule has 0 unspecified atom stereocenters. The van der Waals surface area contributed by atoms with Crippen molar-refractivity contribution in [2.45, 2.75) is 51.0 Å². The normalized spacial score (nSPS) is 29.3. The first-order valence-corrected chi connectivity index (χ1v) is 10.6. The second kappa shape index (κ2) is 7.72. The average molecular weight is 412 g/mol. The molecule has 9 nitrogen and oxygen atoms in total. The van der Waals surface area contributed by atoms with E-state index in [0.29, 0.717) is 19.2 Å². The summed E-state index contributed by atoms with van der Waals surface area (Å²) in [6.45, 7) is 9.80. The Kier molecular flexibility index (Phi) is 5.04. The molecule has 2 aromatic heterocycles. The van der Waals surface area contributed by atoms with Crippen molar-refractivity contribution < 1.29 is 9.47 Å². The number of nitrogens with two attached hydrogens (primary N) is 1. The molecule has 30 heavy (non-hydrogen) atoms. The molecule has 3 atom stereocenters. The maximum atomic E-state index is 5.99. The minimum absolute atomic E-state index is 0.0938. The highest BCUT2D eigenvalue weighted by molar-refractivity contribution is 5.39. The summed E-state index contributed by atoms with van der Waals surface area (Å²) in [5.74, 6) is 1.12. The molecule has 0 saturated carbocycles. The molecule has 1 spiro atoms. The zero-order chi connectivity index (χ0) is 20.7. The van der Waals surface area contributed by atoms with E-state index < -0.39 is 0 Å². The van der Waals surface area contributed by atoms with Crippen molar-refractivity contribution in [2.75, 3.05) is 43.4 Å². The highest BCUT2D eigenvalue weighted by Gasteiger charge is 2.45. The first-order valence-electron chi connectivity index (χ1n) is 10.6. The van der Waals surface area contributed by atoms with Gasteiger partial charge in [0.25, 0.3) is 0 Å². The van der Waals surface area contributed by atoms with Crippen molar-refractivity contribution in [3.8, 4) is 0 Å². The molecule has 2 saturated heterocycles. The largest absolute Gasteiger partial charge is 0.376 e. The van der Waals surface area contributed by atoms with E-state index in [-0.39, 0.29) is 17.6 Å². The highest BCUT2D eigenvalue weighted by atomic mass is 16.5. The third kappa shape index (κ3) is 3.73. The highest BCUT2D eigenvalue weighted by Crippen LogP contribution is 2.40. The zero-order valence-corrected chi connectivity index (χ0v) is 17.6. The molecule has 2 aromatic rings. The van der Waals surface area contributed by atoms with Gasteiger partial charge >= 0.3 is 0 Å². The van der Waals surface area contributed by atoms with Crippen LogP contribution in [0.5, 0.6) is 0 Å². The first kappa shape index (κ1) is 19.6. The van der Waals surface area contributed by atoms with Crippen LogP contribution < -0.4 is 10.6 Å². The Morgan fingerprint density at radius 1 is 1.13 bits per heavy atom. The predicted molar refractivity (Wildman–Crippen MR) is 112 cm³/mol. The molecular formula is C21H29N7O2. The van der Waals surface area contributed by atoms with Gasteiger partial charge in [0.05, 0.1) is 36.5 Å². The summed E-state index contributed by atoms with van der Waals surface area (Å²) in [4.78, 5) is 22.7. The summed E-state index contributed by atoms with van der Waals surface area (Å²) in [5, 5.41) is 0. The molecule has 0 amide bonds. The number of hydrogen-bond acceptors (Lipinski definition) is 9. The van der Waals surface area contributed by atoms with E-state index in [4.69, 9.17) is 20.2 Å². The fourth-order valence-corrected chi connectivity index (χ4v) is 4.99. The lowest BCUT2D eigenvalue weighted by atomic mass is 9.80. The summed E-state index contributed by atoms with van der Waals surface area (Å²) in [6.07, 6.45) is 6.94. The Hall–Kier alpha value is -2.36. The predicted octanol–water partition coefficient (Wildman–Crippen LogP) is 1.14. The molecule has 0 aliphatic carbocycles. The van der Waals surface area contributed by atoms with Crippen molar-refractivity contribution in [3.05, 3.63) is 35.4 Å². The molecule has 0 radical (unpaired) electrons. The van der Waals surface area contributed by atoms with E-state index in [1.807, 2.05) is 6.20 Å². The Morgan fingerprint density at radius 2 is 1.90 bits per heavy atom. The lowest BCUT2D eigenvalue weighted by Gasteiger charge is -2.38. The Labute approximate surface area is 176 Å². The van der Waals surface area contributed by atoms with Crippen molar-refractivity contribution in [1.82, 2.24) is 24.8 Å². The fourth-order valence-electron chi connectivity index (χ4n) is 4.99. The minimum atomic E-state index is -0.0938. The SMILES string of the molecule is C[C@@H]1CN(c2ncc3c(n2)[C@@]2(CCN(Cc4cnc(N)nc4)C2)COC3)C[C@@H](C)O1. The average Bonchev–Trinajstić information content (AvgIpc) is 3.12. The van der Waals surface area contributed by atoms with E-state index in [1.54, 1.807) is 12.4 Å². The van der Waals surface area contributed by atoms with Crippen LogP contribution in [0.15, 0.2) is 18.6 Å². The standard InChI is InChI=1S/C21H29N7O2/c1-14-8-28(9-15(2)30-14)20-25-7-17-11-29-13-21(18(17)26-20)3-4-27(12-21)10-16-5-23-19(22)24-6-16/h5-7,14-15H,3-4,8-13H2,1-2H3,(H2,22,23,24)/t14-,15-,21-/m1/s1. The monoisotopic (exact) mass is 411 g/mol. The topological polar surface area (TPSA) is 103 Å². The summed E-state index contributed by atoms with van der Waals surface area (Å²) < 4.78 is 11.9. The van der Waals surface area contributed by atoms with Crippen molar-refractivity contribution >= 4 is 11.9 Å². The van der Waals surface area contributed by atoms with E-state index >= 15 is 0 Å². The van der Waals surface area contributed by atoms with E-state index in [0.717, 1.165) is 61.9 Å². The number of aromatic nitrogens is 4. The molecule has 3 aliphatic heterocycles. The molecule has 5 heterocycles. The number of morpholine rings is 1. The number of nitrogen functional groups attached to an aromatic ring is 1. The van der Waals surface area contributed by atoms with Crippen LogP contribution >= 0.6 is 0 Å². The quantitative estimate of drug-likeness (QED) is 0.796. The van der Waals surface area contributed by atoms with Gasteiger partial charge in [0.15, 0.2) is 0 Å². The minimum Gasteiger partial charge on any atom is -0.376 e. The third-order valence-electron chi connectivity index (χ3n) is 6.26. The van der Waals surface area contributed by atoms with Crippen LogP contribution in [0.1, 0.15) is 37.1 Å². The van der Waals surface area contributed by atoms with Gasteiger partial charge in [0, 0.05) is 55.9 Å². The van der Waals surface area contributed by atoms with Gasteiger partial charge < -0.3 is 20.1 Å². The summed E-state index contributed by atoms with van der Waals surface area (Å²) in [6, 6.07) is 0. The van der Waals surface area contributed by atoms with Crippen LogP contribution in [-0.2, 0) is 28.0 Å². The lowest BCUT2D eigenvalue weighted by Crippen LogP contribution is -2.47. The van der Waals surface area contributed by atoms with Gasteiger partial charge in [0.2, 0.25) is 11.9 Å². The summed E-state index contributed by atoms with van der Waals surface area (Å²) >= 11 is 0. The maximum Gasteiger partial charge on any atom is 0.225 e. The Balaban J connectivity index is 1.38. The molecule has 160 valence electrons. The second-order valence-electron chi connectivity index (χ2n) is 8.89. The molecule has 9 heteroatoms. The van der Waals surface area contributed by atoms with Crippen LogP contribution in [0.25, 0.3) is 0 Å². The van der Waals surface area contributed by atoms with Crippen molar-refractivity contribution in [3.63, 3.8) is 0 Å². The van der Waals surface area contributed by atoms with E-state index in [2.05, 4.69) is 38.6 Å². The van der Waals surface area contributed by atoms with Gasteiger partial charge in [0.1, 0.15) is 0 Å². The summed E-state index contributed by atoms with van der Waals surface area (Å²) in [5.41, 5.74) is 8.85. The number of likely N-dealkylation sites (tertiary alicyclic amines) is 1. The number of anilines is 2. The van der Waals surface area contributed by atoms with Gasteiger partial charge in [-0.2, -0.15) is 0 Å². The van der Waals surface area contributed by atoms with Crippen LogP contribution in [0.3, 0.4) is 0 Å². The lowest BCUT2D eigenvalue weighted by molar-refractivity contribution is -0.00584. The number of ether oxygens (including phenoxy) is 2. The van der Waals surface area contributed by atoms with Crippen LogP contribution in [0.2, 0.25) is 0 Å². The second-order valence-corrected chi connectivity index (χ2v) is 8.89. The van der Waals surface area contributed by atoms with Crippen molar-refractivity contribution in [1.29, 1.82) is 0 Å². The molecule has 0 aromatic carbocycles.